The molecular formula is C21H24N4O. The first-order valence-corrected chi connectivity index (χ1v) is 8.57. The van der Waals surface area contributed by atoms with Crippen LogP contribution in [0.15, 0.2) is 54.2 Å². The number of hydrogen-bond donors (Lipinski definition) is 3. The quantitative estimate of drug-likeness (QED) is 0.420. The van der Waals surface area contributed by atoms with Gasteiger partial charge in [0.15, 0.2) is 0 Å². The lowest BCUT2D eigenvalue weighted by Gasteiger charge is -2.14. The summed E-state index contributed by atoms with van der Waals surface area (Å²) in [5, 5.41) is 15.1. The van der Waals surface area contributed by atoms with Crippen LogP contribution in [0.2, 0.25) is 0 Å². The molecular weight excluding hydrogens is 324 g/mol. The molecule has 2 rings (SSSR count). The van der Waals surface area contributed by atoms with Crippen LogP contribution in [0.1, 0.15) is 36.6 Å². The second kappa shape index (κ2) is 8.72. The van der Waals surface area contributed by atoms with E-state index in [2.05, 4.69) is 17.6 Å². The number of nitrogen functional groups attached to an aromatic ring is 1. The number of nitriles is 1. The molecule has 134 valence electrons. The summed E-state index contributed by atoms with van der Waals surface area (Å²) in [6.07, 6.45) is 2.35. The Morgan fingerprint density at radius 3 is 2.58 bits per heavy atom. The number of nitrogens with one attached hydrogen (secondary N) is 2. The van der Waals surface area contributed by atoms with E-state index in [1.807, 2.05) is 56.3 Å². The molecule has 0 fully saturated rings. The number of nitrogens with two attached hydrogens (primary N) is 1. The summed E-state index contributed by atoms with van der Waals surface area (Å²) < 4.78 is 0. The zero-order chi connectivity index (χ0) is 19.1. The van der Waals surface area contributed by atoms with Gasteiger partial charge in [-0.25, -0.2) is 0 Å². The Morgan fingerprint density at radius 2 is 1.96 bits per heavy atom. The van der Waals surface area contributed by atoms with Crippen molar-refractivity contribution in [2.75, 3.05) is 11.1 Å². The van der Waals surface area contributed by atoms with Crippen LogP contribution in [0.5, 0.6) is 0 Å². The molecule has 1 amide bonds. The molecule has 0 aliphatic carbocycles. The first-order valence-electron chi connectivity index (χ1n) is 8.57. The van der Waals surface area contributed by atoms with Crippen LogP contribution in [0, 0.1) is 18.3 Å². The maximum absolute atomic E-state index is 12.4. The van der Waals surface area contributed by atoms with Crippen molar-refractivity contribution in [3.8, 4) is 6.07 Å². The van der Waals surface area contributed by atoms with Crippen LogP contribution in [0.3, 0.4) is 0 Å². The van der Waals surface area contributed by atoms with Crippen molar-refractivity contribution < 1.29 is 4.79 Å². The molecule has 2 aromatic rings. The van der Waals surface area contributed by atoms with Crippen molar-refractivity contribution >= 4 is 17.3 Å². The van der Waals surface area contributed by atoms with E-state index in [9.17, 15) is 10.1 Å². The van der Waals surface area contributed by atoms with Crippen LogP contribution in [-0.4, -0.2) is 5.91 Å². The Balaban J connectivity index is 2.07. The largest absolute Gasteiger partial charge is 0.397 e. The van der Waals surface area contributed by atoms with Crippen molar-refractivity contribution in [1.29, 1.82) is 5.26 Å². The highest BCUT2D eigenvalue weighted by Crippen LogP contribution is 2.20. The summed E-state index contributed by atoms with van der Waals surface area (Å²) in [5.74, 6) is -0.432. The molecule has 0 aliphatic rings. The maximum atomic E-state index is 12.4. The van der Waals surface area contributed by atoms with E-state index >= 15 is 0 Å². The molecule has 0 spiro atoms. The molecule has 1 atom stereocenters. The van der Waals surface area contributed by atoms with Crippen LogP contribution < -0.4 is 16.4 Å². The number of rotatable bonds is 6. The second-order valence-electron chi connectivity index (χ2n) is 6.20. The van der Waals surface area contributed by atoms with Gasteiger partial charge in [0.25, 0.3) is 5.91 Å². The van der Waals surface area contributed by atoms with Crippen molar-refractivity contribution in [3.63, 3.8) is 0 Å². The summed E-state index contributed by atoms with van der Waals surface area (Å²) in [4.78, 5) is 12.4. The fraction of sp³-hybridized carbons (Fsp3) is 0.238. The Labute approximate surface area is 154 Å². The first-order chi connectivity index (χ1) is 12.4. The molecule has 5 heteroatoms. The van der Waals surface area contributed by atoms with Crippen LogP contribution >= 0.6 is 0 Å². The van der Waals surface area contributed by atoms with Crippen molar-refractivity contribution in [1.82, 2.24) is 5.32 Å². The zero-order valence-corrected chi connectivity index (χ0v) is 15.3. The predicted molar refractivity (Wildman–Crippen MR) is 105 cm³/mol. The van der Waals surface area contributed by atoms with Gasteiger partial charge < -0.3 is 16.4 Å². The number of anilines is 2. The monoisotopic (exact) mass is 348 g/mol. The van der Waals surface area contributed by atoms with Crippen molar-refractivity contribution in [2.24, 2.45) is 0 Å². The Kier molecular flexibility index (Phi) is 6.40. The SMILES string of the molecule is CCc1ccc(C(C)NC(=O)/C(C#N)=C\Nc2cc(C)ccc2N)cc1. The minimum absolute atomic E-state index is 0.0112. The van der Waals surface area contributed by atoms with E-state index in [0.717, 1.165) is 17.5 Å². The summed E-state index contributed by atoms with van der Waals surface area (Å²) in [6, 6.07) is 15.3. The third-order valence-electron chi connectivity index (χ3n) is 4.18. The zero-order valence-electron chi connectivity index (χ0n) is 15.3. The molecule has 0 aromatic heterocycles. The van der Waals surface area contributed by atoms with Gasteiger partial charge in [-0.15, -0.1) is 0 Å². The van der Waals surface area contributed by atoms with E-state index in [0.29, 0.717) is 11.4 Å². The van der Waals surface area contributed by atoms with E-state index in [-0.39, 0.29) is 11.6 Å². The molecule has 0 radical (unpaired) electrons. The average Bonchev–Trinajstić information content (AvgIpc) is 2.64. The average molecular weight is 348 g/mol. The van der Waals surface area contributed by atoms with Gasteiger partial charge in [0.1, 0.15) is 11.6 Å². The van der Waals surface area contributed by atoms with Gasteiger partial charge in [-0.05, 0) is 49.1 Å². The molecule has 26 heavy (non-hydrogen) atoms. The molecule has 4 N–H and O–H groups in total. The standard InChI is InChI=1S/C21H24N4O/c1-4-16-6-8-17(9-7-16)15(3)25-21(26)18(12-22)13-24-20-11-14(2)5-10-19(20)23/h5-11,13,15,24H,4,23H2,1-3H3,(H,25,26)/b18-13-. The number of carbonyl (C=O) groups excluding carboxylic acids is 1. The molecule has 0 heterocycles. The highest BCUT2D eigenvalue weighted by atomic mass is 16.1. The van der Waals surface area contributed by atoms with Crippen molar-refractivity contribution in [2.45, 2.75) is 33.2 Å². The van der Waals surface area contributed by atoms with Gasteiger partial charge in [-0.3, -0.25) is 4.79 Å². The summed E-state index contributed by atoms with van der Waals surface area (Å²) >= 11 is 0. The highest BCUT2D eigenvalue weighted by Gasteiger charge is 2.14. The number of aryl methyl sites for hydroxylation is 2. The summed E-state index contributed by atoms with van der Waals surface area (Å²) in [6.45, 7) is 5.93. The van der Waals surface area contributed by atoms with Gasteiger partial charge in [-0.1, -0.05) is 37.3 Å². The minimum Gasteiger partial charge on any atom is -0.397 e. The van der Waals surface area contributed by atoms with E-state index in [1.54, 1.807) is 6.07 Å². The van der Waals surface area contributed by atoms with Gasteiger partial charge in [-0.2, -0.15) is 5.26 Å². The number of hydrogen-bond acceptors (Lipinski definition) is 4. The topological polar surface area (TPSA) is 90.9 Å². The maximum Gasteiger partial charge on any atom is 0.263 e. The Hall–Kier alpha value is -3.26. The second-order valence-corrected chi connectivity index (χ2v) is 6.20. The number of carbonyl (C=O) groups is 1. The number of benzene rings is 2. The van der Waals surface area contributed by atoms with E-state index < -0.39 is 5.91 Å². The van der Waals surface area contributed by atoms with Crippen LogP contribution in [0.4, 0.5) is 11.4 Å². The summed E-state index contributed by atoms with van der Waals surface area (Å²) in [7, 11) is 0. The third-order valence-corrected chi connectivity index (χ3v) is 4.18. The van der Waals surface area contributed by atoms with Gasteiger partial charge in [0.2, 0.25) is 0 Å². The van der Waals surface area contributed by atoms with Gasteiger partial charge in [0.05, 0.1) is 17.4 Å². The number of nitrogens with zero attached hydrogens (tertiary/aromatic N) is 1. The molecule has 0 aliphatic heterocycles. The fourth-order valence-corrected chi connectivity index (χ4v) is 2.49. The number of amides is 1. The normalized spacial score (nSPS) is 12.2. The lowest BCUT2D eigenvalue weighted by molar-refractivity contribution is -0.117. The highest BCUT2D eigenvalue weighted by molar-refractivity contribution is 5.97. The van der Waals surface area contributed by atoms with Gasteiger partial charge in [0, 0.05) is 6.20 Å². The lowest BCUT2D eigenvalue weighted by atomic mass is 10.0. The molecule has 0 saturated heterocycles. The van der Waals surface area contributed by atoms with Crippen LogP contribution in [-0.2, 0) is 11.2 Å². The van der Waals surface area contributed by atoms with Crippen LogP contribution in [0.25, 0.3) is 0 Å². The molecule has 0 bridgehead atoms. The fourth-order valence-electron chi connectivity index (χ4n) is 2.49. The molecule has 2 aromatic carbocycles. The smallest absolute Gasteiger partial charge is 0.263 e. The predicted octanol–water partition coefficient (Wildman–Crippen LogP) is 3.84. The van der Waals surface area contributed by atoms with E-state index in [1.165, 1.54) is 11.8 Å². The summed E-state index contributed by atoms with van der Waals surface area (Å²) in [5.41, 5.74) is 10.4. The first kappa shape index (κ1) is 19.1. The third kappa shape index (κ3) is 4.87. The van der Waals surface area contributed by atoms with Crippen molar-refractivity contribution in [3.05, 3.63) is 70.9 Å². The minimum atomic E-state index is -0.432. The van der Waals surface area contributed by atoms with E-state index in [4.69, 9.17) is 5.73 Å². The molecule has 5 nitrogen and oxygen atoms in total. The lowest BCUT2D eigenvalue weighted by Crippen LogP contribution is -2.28. The Morgan fingerprint density at radius 1 is 1.27 bits per heavy atom. The molecule has 1 unspecified atom stereocenters. The van der Waals surface area contributed by atoms with Gasteiger partial charge >= 0.3 is 0 Å². The Bertz CT molecular complexity index is 847. The molecule has 0 saturated carbocycles.